The van der Waals surface area contributed by atoms with Crippen LogP contribution < -0.4 is 21.7 Å². The Morgan fingerprint density at radius 3 is 2.48 bits per heavy atom. The van der Waals surface area contributed by atoms with Crippen molar-refractivity contribution in [3.05, 3.63) is 20.8 Å². The second-order valence-electron chi connectivity index (χ2n) is 5.88. The molecule has 29 heavy (non-hydrogen) atoms. The van der Waals surface area contributed by atoms with E-state index in [4.69, 9.17) is 10.3 Å². The number of nitrogens with one attached hydrogen (secondary N) is 4. The lowest BCUT2D eigenvalue weighted by molar-refractivity contribution is -0.148. The van der Waals surface area contributed by atoms with Gasteiger partial charge in [0, 0.05) is 13.1 Å². The summed E-state index contributed by atoms with van der Waals surface area (Å²) in [6.07, 6.45) is 0. The molecule has 16 heteroatoms. The van der Waals surface area contributed by atoms with E-state index in [1.807, 2.05) is 0 Å². The first-order chi connectivity index (χ1) is 13.4. The summed E-state index contributed by atoms with van der Waals surface area (Å²) in [7, 11) is -4.39. The highest BCUT2D eigenvalue weighted by Crippen LogP contribution is 2.25. The Kier molecular flexibility index (Phi) is 7.05. The van der Waals surface area contributed by atoms with Crippen molar-refractivity contribution in [1.29, 1.82) is 0 Å². The summed E-state index contributed by atoms with van der Waals surface area (Å²) in [5, 5.41) is 16.6. The molecule has 2 atom stereocenters. The number of aliphatic carboxylic acids is 1. The molecule has 0 saturated carbocycles. The van der Waals surface area contributed by atoms with Crippen molar-refractivity contribution in [2.75, 3.05) is 18.8 Å². The second-order valence-corrected chi connectivity index (χ2v) is 9.10. The van der Waals surface area contributed by atoms with Crippen molar-refractivity contribution in [1.82, 2.24) is 20.9 Å². The van der Waals surface area contributed by atoms with Crippen LogP contribution in [0, 0.1) is 5.92 Å². The number of amides is 2. The summed E-state index contributed by atoms with van der Waals surface area (Å²) in [5.74, 6) is -5.96. The van der Waals surface area contributed by atoms with Crippen molar-refractivity contribution in [2.24, 2.45) is 16.6 Å². The summed E-state index contributed by atoms with van der Waals surface area (Å²) in [6.45, 7) is -1.05. The lowest BCUT2D eigenvalue weighted by Crippen LogP contribution is -2.62. The van der Waals surface area contributed by atoms with Crippen molar-refractivity contribution in [3.63, 3.8) is 0 Å². The molecule has 0 radical (unpaired) electrons. The standard InChI is InChI=1S/C13H16Br2N6O7S/c14-6-3-7(19-8(6)15)9(22)17-4-5(10(23)24)13(11(25)20-12(16)21-13)18-1-2-29(26,27)28/h3,5,18-19H,1-2,4H2,(H,17,22)(H,23,24)(H,26,27,28)(H3,16,20,21,25). The fraction of sp³-hybridized carbons (Fsp3) is 0.385. The van der Waals surface area contributed by atoms with Crippen molar-refractivity contribution < 1.29 is 32.5 Å². The summed E-state index contributed by atoms with van der Waals surface area (Å²) in [5.41, 5.74) is 3.40. The van der Waals surface area contributed by atoms with Gasteiger partial charge in [0.15, 0.2) is 5.96 Å². The van der Waals surface area contributed by atoms with Crippen molar-refractivity contribution in [2.45, 2.75) is 5.66 Å². The first-order valence-corrected chi connectivity index (χ1v) is 11.0. The zero-order chi connectivity index (χ0) is 22.0. The Hall–Kier alpha value is -2.01. The third kappa shape index (κ3) is 5.53. The Balaban J connectivity index is 2.24. The molecule has 160 valence electrons. The Morgan fingerprint density at radius 2 is 2.03 bits per heavy atom. The predicted molar refractivity (Wildman–Crippen MR) is 107 cm³/mol. The average molecular weight is 560 g/mol. The van der Waals surface area contributed by atoms with E-state index in [0.717, 1.165) is 0 Å². The van der Waals surface area contributed by atoms with Crippen LogP contribution in [0.2, 0.25) is 0 Å². The molecule has 2 rings (SSSR count). The number of rotatable bonds is 9. The van der Waals surface area contributed by atoms with Gasteiger partial charge in [-0.25, -0.2) is 4.99 Å². The van der Waals surface area contributed by atoms with Gasteiger partial charge in [0.05, 0.1) is 14.8 Å². The molecule has 13 nitrogen and oxygen atoms in total. The monoisotopic (exact) mass is 558 g/mol. The number of nitrogens with zero attached hydrogens (tertiary/aromatic N) is 1. The van der Waals surface area contributed by atoms with Crippen molar-refractivity contribution in [3.8, 4) is 0 Å². The van der Waals surface area contributed by atoms with Crippen LogP contribution in [0.25, 0.3) is 0 Å². The zero-order valence-corrected chi connectivity index (χ0v) is 18.4. The van der Waals surface area contributed by atoms with E-state index in [1.165, 1.54) is 6.07 Å². The molecule has 1 aromatic heterocycles. The molecule has 2 unspecified atom stereocenters. The van der Waals surface area contributed by atoms with Gasteiger partial charge in [-0.15, -0.1) is 0 Å². The van der Waals surface area contributed by atoms with Crippen molar-refractivity contribution >= 4 is 65.7 Å². The maximum atomic E-state index is 12.4. The van der Waals surface area contributed by atoms with Crippen LogP contribution in [0.1, 0.15) is 10.5 Å². The first kappa shape index (κ1) is 23.3. The molecular formula is C13H16Br2N6O7S. The van der Waals surface area contributed by atoms with Crippen LogP contribution >= 0.6 is 31.9 Å². The quantitative estimate of drug-likeness (QED) is 0.176. The van der Waals surface area contributed by atoms with Crippen LogP contribution in [0.5, 0.6) is 0 Å². The van der Waals surface area contributed by atoms with E-state index < -0.39 is 58.3 Å². The second kappa shape index (κ2) is 8.78. The first-order valence-electron chi connectivity index (χ1n) is 7.77. The van der Waals surface area contributed by atoms with Gasteiger partial charge in [-0.1, -0.05) is 0 Å². The predicted octanol–water partition coefficient (Wildman–Crippen LogP) is -1.41. The van der Waals surface area contributed by atoms with Gasteiger partial charge in [-0.05, 0) is 37.9 Å². The van der Waals surface area contributed by atoms with Crippen LogP contribution in [0.15, 0.2) is 20.1 Å². The molecule has 0 saturated heterocycles. The van der Waals surface area contributed by atoms with E-state index in [0.29, 0.717) is 9.08 Å². The van der Waals surface area contributed by atoms with E-state index in [1.54, 1.807) is 0 Å². The van der Waals surface area contributed by atoms with Gasteiger partial charge in [-0.2, -0.15) is 8.42 Å². The number of hydrogen-bond donors (Lipinski definition) is 7. The van der Waals surface area contributed by atoms with E-state index in [9.17, 15) is 27.9 Å². The number of hydrogen-bond acceptors (Lipinski definition) is 8. The maximum absolute atomic E-state index is 12.4. The zero-order valence-electron chi connectivity index (χ0n) is 14.4. The van der Waals surface area contributed by atoms with Crippen LogP contribution in [-0.2, 0) is 19.7 Å². The fourth-order valence-corrected chi connectivity index (χ4v) is 3.58. The molecule has 1 aliphatic heterocycles. The molecule has 2 amide bonds. The number of halogens is 2. The molecule has 1 aliphatic rings. The fourth-order valence-electron chi connectivity index (χ4n) is 2.56. The van der Waals surface area contributed by atoms with E-state index in [-0.39, 0.29) is 11.7 Å². The van der Waals surface area contributed by atoms with Gasteiger partial charge < -0.3 is 21.1 Å². The molecule has 0 aliphatic carbocycles. The largest absolute Gasteiger partial charge is 0.481 e. The Morgan fingerprint density at radius 1 is 1.38 bits per heavy atom. The van der Waals surface area contributed by atoms with E-state index in [2.05, 4.69) is 57.8 Å². The number of aromatic nitrogens is 1. The number of carboxylic acid groups (broad SMARTS) is 1. The lowest BCUT2D eigenvalue weighted by Gasteiger charge is -2.30. The summed E-state index contributed by atoms with van der Waals surface area (Å²) in [6, 6.07) is 1.45. The molecule has 0 aromatic carbocycles. The van der Waals surface area contributed by atoms with E-state index >= 15 is 0 Å². The Labute approximate surface area is 180 Å². The van der Waals surface area contributed by atoms with Crippen LogP contribution in [-0.4, -0.2) is 71.3 Å². The van der Waals surface area contributed by atoms with Gasteiger partial charge in [0.25, 0.3) is 21.9 Å². The number of nitrogens with two attached hydrogens (primary N) is 1. The topological polar surface area (TPSA) is 216 Å². The summed E-state index contributed by atoms with van der Waals surface area (Å²) in [4.78, 5) is 43.0. The molecule has 2 heterocycles. The molecule has 0 bridgehead atoms. The Bertz CT molecular complexity index is 959. The smallest absolute Gasteiger partial charge is 0.312 e. The van der Waals surface area contributed by atoms with Gasteiger partial charge in [0.2, 0.25) is 5.66 Å². The summed E-state index contributed by atoms with van der Waals surface area (Å²) < 4.78 is 31.8. The maximum Gasteiger partial charge on any atom is 0.312 e. The number of aromatic amines is 1. The highest BCUT2D eigenvalue weighted by Gasteiger charge is 2.53. The number of H-pyrrole nitrogens is 1. The highest BCUT2D eigenvalue weighted by atomic mass is 79.9. The molecule has 0 spiro atoms. The SMILES string of the molecule is NC1=NC(NCCS(=O)(=O)O)(C(CNC(=O)c2cc(Br)c(Br)[nH]2)C(=O)O)C(=O)N1. The molecule has 1 aromatic rings. The number of carbonyl (C=O) groups excluding carboxylic acids is 2. The van der Waals surface area contributed by atoms with Gasteiger partial charge in [-0.3, -0.25) is 29.6 Å². The normalized spacial score (nSPS) is 20.1. The number of aliphatic imine (C=N–C) groups is 1. The number of carbonyl (C=O) groups is 3. The third-order valence-electron chi connectivity index (χ3n) is 3.88. The third-order valence-corrected chi connectivity index (χ3v) is 6.38. The summed E-state index contributed by atoms with van der Waals surface area (Å²) >= 11 is 6.36. The molecule has 0 fully saturated rings. The minimum Gasteiger partial charge on any atom is -0.481 e. The average Bonchev–Trinajstić information content (AvgIpc) is 3.05. The molecular weight excluding hydrogens is 544 g/mol. The van der Waals surface area contributed by atoms with Gasteiger partial charge in [0.1, 0.15) is 11.6 Å². The van der Waals surface area contributed by atoms with Crippen LogP contribution in [0.3, 0.4) is 0 Å². The molecule has 8 N–H and O–H groups in total. The van der Waals surface area contributed by atoms with Gasteiger partial charge >= 0.3 is 5.97 Å². The number of carboxylic acids is 1. The lowest BCUT2D eigenvalue weighted by atomic mass is 9.92. The number of guanidine groups is 1. The highest BCUT2D eigenvalue weighted by molar-refractivity contribution is 9.13. The van der Waals surface area contributed by atoms with Crippen LogP contribution in [0.4, 0.5) is 0 Å². The minimum atomic E-state index is -4.39. The minimum absolute atomic E-state index is 0.111.